The summed E-state index contributed by atoms with van der Waals surface area (Å²) in [4.78, 5) is 4.77. The Morgan fingerprint density at radius 2 is 2.23 bits per heavy atom. The molecule has 3 nitrogen and oxygen atoms in total. The Kier molecular flexibility index (Phi) is 2.00. The van der Waals surface area contributed by atoms with E-state index >= 15 is 0 Å². The maximum atomic E-state index is 5.46. The molecule has 0 spiro atoms. The largest absolute Gasteiger partial charge is 0.457 e. The topological polar surface area (TPSA) is 34.7 Å². The van der Waals surface area contributed by atoms with Crippen molar-refractivity contribution >= 4 is 17.7 Å². The second-order valence-electron chi connectivity index (χ2n) is 2.65. The first-order valence-electron chi connectivity index (χ1n) is 3.95. The number of nitrogens with zero attached hydrogens (tertiary/aromatic N) is 1. The van der Waals surface area contributed by atoms with Crippen molar-refractivity contribution < 1.29 is 9.25 Å². The first kappa shape index (κ1) is 7.86. The van der Waals surface area contributed by atoms with Crippen molar-refractivity contribution in [3.63, 3.8) is 0 Å². The Morgan fingerprint density at radius 3 is 3.00 bits per heavy atom. The predicted octanol–water partition coefficient (Wildman–Crippen LogP) is 2.57. The molecule has 0 aliphatic heterocycles. The van der Waals surface area contributed by atoms with E-state index < -0.39 is 0 Å². The molecule has 0 aliphatic rings. The monoisotopic (exact) mass is 175 g/mol. The molecule has 0 bridgehead atoms. The standard InChI is InChI=1S/C10H9NO2/c1-11-12-7-9-6-8-4-2-3-5-10(8)13-9/h2-6H,1,7H2. The quantitative estimate of drug-likeness (QED) is 0.530. The van der Waals surface area contributed by atoms with Crippen LogP contribution in [0, 0.1) is 0 Å². The summed E-state index contributed by atoms with van der Waals surface area (Å²) in [5.41, 5.74) is 0.866. The van der Waals surface area contributed by atoms with Crippen molar-refractivity contribution in [2.24, 2.45) is 5.16 Å². The second-order valence-corrected chi connectivity index (χ2v) is 2.65. The summed E-state index contributed by atoms with van der Waals surface area (Å²) in [6, 6.07) is 9.74. The van der Waals surface area contributed by atoms with E-state index in [0.717, 1.165) is 16.7 Å². The van der Waals surface area contributed by atoms with Gasteiger partial charge in [0.1, 0.15) is 11.3 Å². The summed E-state index contributed by atoms with van der Waals surface area (Å²) >= 11 is 0. The summed E-state index contributed by atoms with van der Waals surface area (Å²) in [6.07, 6.45) is 0. The van der Waals surface area contributed by atoms with E-state index in [1.165, 1.54) is 0 Å². The molecule has 0 fully saturated rings. The molecular formula is C10H9NO2. The van der Waals surface area contributed by atoms with Gasteiger partial charge in [0, 0.05) is 12.1 Å². The highest BCUT2D eigenvalue weighted by molar-refractivity contribution is 5.77. The van der Waals surface area contributed by atoms with Crippen LogP contribution < -0.4 is 0 Å². The number of oxime groups is 1. The Hall–Kier alpha value is -1.77. The Bertz CT molecular complexity index is 387. The number of furan rings is 1. The smallest absolute Gasteiger partial charge is 0.174 e. The van der Waals surface area contributed by atoms with Gasteiger partial charge in [-0.3, -0.25) is 0 Å². The molecule has 0 N–H and O–H groups in total. The Morgan fingerprint density at radius 1 is 1.38 bits per heavy atom. The lowest BCUT2D eigenvalue weighted by Gasteiger charge is -1.91. The number of hydrogen-bond donors (Lipinski definition) is 0. The highest BCUT2D eigenvalue weighted by atomic mass is 16.6. The maximum absolute atomic E-state index is 5.46. The molecule has 0 saturated carbocycles. The third kappa shape index (κ3) is 1.54. The molecular weight excluding hydrogens is 166 g/mol. The van der Waals surface area contributed by atoms with E-state index in [1.807, 2.05) is 30.3 Å². The maximum Gasteiger partial charge on any atom is 0.174 e. The minimum atomic E-state index is 0.332. The average molecular weight is 175 g/mol. The lowest BCUT2D eigenvalue weighted by atomic mass is 10.2. The van der Waals surface area contributed by atoms with Crippen molar-refractivity contribution in [3.8, 4) is 0 Å². The van der Waals surface area contributed by atoms with Gasteiger partial charge in [-0.2, -0.15) is 0 Å². The molecule has 0 amide bonds. The average Bonchev–Trinajstić information content (AvgIpc) is 2.57. The lowest BCUT2D eigenvalue weighted by Crippen LogP contribution is -1.80. The molecule has 2 rings (SSSR count). The van der Waals surface area contributed by atoms with Crippen LogP contribution in [0.1, 0.15) is 5.76 Å². The van der Waals surface area contributed by atoms with E-state index in [4.69, 9.17) is 9.25 Å². The highest BCUT2D eigenvalue weighted by Gasteiger charge is 2.01. The van der Waals surface area contributed by atoms with Gasteiger partial charge in [-0.1, -0.05) is 18.2 Å². The molecule has 66 valence electrons. The summed E-state index contributed by atoms with van der Waals surface area (Å²) in [6.45, 7) is 3.55. The molecule has 1 aromatic carbocycles. The van der Waals surface area contributed by atoms with Gasteiger partial charge in [-0.25, -0.2) is 0 Å². The van der Waals surface area contributed by atoms with Crippen LogP contribution in [0.2, 0.25) is 0 Å². The van der Waals surface area contributed by atoms with Gasteiger partial charge < -0.3 is 9.25 Å². The molecule has 1 heterocycles. The summed E-state index contributed by atoms with van der Waals surface area (Å²) in [5.74, 6) is 0.758. The molecule has 0 saturated heterocycles. The molecule has 0 atom stereocenters. The van der Waals surface area contributed by atoms with Crippen LogP contribution in [0.5, 0.6) is 0 Å². The van der Waals surface area contributed by atoms with Gasteiger partial charge in [0.25, 0.3) is 0 Å². The van der Waals surface area contributed by atoms with Gasteiger partial charge in [-0.05, 0) is 12.1 Å². The molecule has 3 heteroatoms. The summed E-state index contributed by atoms with van der Waals surface area (Å²) < 4.78 is 5.46. The van der Waals surface area contributed by atoms with E-state index in [0.29, 0.717) is 6.61 Å². The molecule has 0 aliphatic carbocycles. The van der Waals surface area contributed by atoms with E-state index in [2.05, 4.69) is 11.9 Å². The van der Waals surface area contributed by atoms with Crippen molar-refractivity contribution in [3.05, 3.63) is 36.1 Å². The highest BCUT2D eigenvalue weighted by Crippen LogP contribution is 2.19. The van der Waals surface area contributed by atoms with Gasteiger partial charge in [-0.15, -0.1) is 5.16 Å². The number of fused-ring (bicyclic) bond motifs is 1. The molecule has 13 heavy (non-hydrogen) atoms. The van der Waals surface area contributed by atoms with Crippen LogP contribution in [0.3, 0.4) is 0 Å². The predicted molar refractivity (Wildman–Crippen MR) is 50.6 cm³/mol. The van der Waals surface area contributed by atoms with E-state index in [-0.39, 0.29) is 0 Å². The van der Waals surface area contributed by atoms with Gasteiger partial charge in [0.2, 0.25) is 0 Å². The van der Waals surface area contributed by atoms with Crippen LogP contribution in [0.25, 0.3) is 11.0 Å². The van der Waals surface area contributed by atoms with Gasteiger partial charge in [0.05, 0.1) is 0 Å². The SMILES string of the molecule is C=NOCc1cc2ccccc2o1. The zero-order chi connectivity index (χ0) is 9.10. The lowest BCUT2D eigenvalue weighted by molar-refractivity contribution is 0.118. The zero-order valence-electron chi connectivity index (χ0n) is 7.06. The van der Waals surface area contributed by atoms with Gasteiger partial charge in [0.15, 0.2) is 6.61 Å². The number of hydrogen-bond acceptors (Lipinski definition) is 3. The Labute approximate surface area is 75.6 Å². The third-order valence-electron chi connectivity index (χ3n) is 1.77. The minimum Gasteiger partial charge on any atom is -0.457 e. The van der Waals surface area contributed by atoms with Crippen LogP contribution >= 0.6 is 0 Å². The van der Waals surface area contributed by atoms with Gasteiger partial charge >= 0.3 is 0 Å². The molecule has 1 aromatic heterocycles. The van der Waals surface area contributed by atoms with E-state index in [1.54, 1.807) is 0 Å². The van der Waals surface area contributed by atoms with Crippen molar-refractivity contribution in [2.75, 3.05) is 0 Å². The number of para-hydroxylation sites is 1. The second kappa shape index (κ2) is 3.31. The number of rotatable bonds is 3. The normalized spacial score (nSPS) is 10.2. The zero-order valence-corrected chi connectivity index (χ0v) is 7.06. The molecule has 2 aromatic rings. The summed E-state index contributed by atoms with van der Waals surface area (Å²) in [7, 11) is 0. The first-order valence-corrected chi connectivity index (χ1v) is 3.95. The van der Waals surface area contributed by atoms with Crippen LogP contribution in [-0.4, -0.2) is 6.72 Å². The number of benzene rings is 1. The third-order valence-corrected chi connectivity index (χ3v) is 1.77. The van der Waals surface area contributed by atoms with Crippen molar-refractivity contribution in [2.45, 2.75) is 6.61 Å². The van der Waals surface area contributed by atoms with Crippen molar-refractivity contribution in [1.29, 1.82) is 0 Å². The van der Waals surface area contributed by atoms with Crippen LogP contribution in [0.4, 0.5) is 0 Å². The molecule has 0 unspecified atom stereocenters. The fourth-order valence-corrected chi connectivity index (χ4v) is 1.22. The fraction of sp³-hybridized carbons (Fsp3) is 0.100. The van der Waals surface area contributed by atoms with E-state index in [9.17, 15) is 0 Å². The first-order chi connectivity index (χ1) is 6.40. The van der Waals surface area contributed by atoms with Crippen LogP contribution in [-0.2, 0) is 11.4 Å². The summed E-state index contributed by atoms with van der Waals surface area (Å²) in [5, 5.41) is 4.37. The minimum absolute atomic E-state index is 0.332. The fourth-order valence-electron chi connectivity index (χ4n) is 1.22. The van der Waals surface area contributed by atoms with Crippen molar-refractivity contribution in [1.82, 2.24) is 0 Å². The Balaban J connectivity index is 2.32. The van der Waals surface area contributed by atoms with Crippen LogP contribution in [0.15, 0.2) is 39.9 Å². The molecule has 0 radical (unpaired) electrons.